The van der Waals surface area contributed by atoms with E-state index in [4.69, 9.17) is 0 Å². The van der Waals surface area contributed by atoms with E-state index in [-0.39, 0.29) is 11.9 Å². The third-order valence-corrected chi connectivity index (χ3v) is 3.75. The lowest BCUT2D eigenvalue weighted by Gasteiger charge is -2.13. The molecule has 4 nitrogen and oxygen atoms in total. The second-order valence-electron chi connectivity index (χ2n) is 4.74. The summed E-state index contributed by atoms with van der Waals surface area (Å²) in [5, 5.41) is 3.77. The van der Waals surface area contributed by atoms with Crippen molar-refractivity contribution in [3.05, 3.63) is 17.0 Å². The quantitative estimate of drug-likeness (QED) is 0.643. The number of nitrogens with zero attached hydrogens (tertiary/aromatic N) is 2. The van der Waals surface area contributed by atoms with Gasteiger partial charge in [-0.05, 0) is 45.4 Å². The molecule has 1 heterocycles. The highest BCUT2D eigenvalue weighted by Gasteiger charge is 2.11. The van der Waals surface area contributed by atoms with E-state index in [0.29, 0.717) is 12.8 Å². The van der Waals surface area contributed by atoms with Crippen molar-refractivity contribution in [1.82, 2.24) is 15.3 Å². The lowest BCUT2D eigenvalue weighted by molar-refractivity contribution is -0.121. The van der Waals surface area contributed by atoms with Gasteiger partial charge in [0.2, 0.25) is 5.91 Å². The van der Waals surface area contributed by atoms with Crippen molar-refractivity contribution in [2.75, 3.05) is 6.26 Å². The fraction of sp³-hybridized carbons (Fsp3) is 0.643. The number of amides is 1. The molecule has 1 N–H and O–H groups in total. The smallest absolute Gasteiger partial charge is 0.220 e. The summed E-state index contributed by atoms with van der Waals surface area (Å²) in [6.07, 6.45) is 4.12. The number of hydrogen-bond donors (Lipinski definition) is 1. The Kier molecular flexibility index (Phi) is 6.28. The zero-order chi connectivity index (χ0) is 14.4. The Bertz CT molecular complexity index is 425. The minimum atomic E-state index is 0.0992. The Morgan fingerprint density at radius 2 is 1.89 bits per heavy atom. The average molecular weight is 281 g/mol. The van der Waals surface area contributed by atoms with Gasteiger partial charge >= 0.3 is 0 Å². The summed E-state index contributed by atoms with van der Waals surface area (Å²) in [5.41, 5.74) is 3.05. The van der Waals surface area contributed by atoms with Crippen LogP contribution in [0.4, 0.5) is 0 Å². The van der Waals surface area contributed by atoms with Crippen LogP contribution in [-0.4, -0.2) is 28.2 Å². The lowest BCUT2D eigenvalue weighted by Crippen LogP contribution is -2.32. The van der Waals surface area contributed by atoms with Gasteiger partial charge in [-0.25, -0.2) is 9.97 Å². The van der Waals surface area contributed by atoms with Gasteiger partial charge in [0.1, 0.15) is 0 Å². The predicted octanol–water partition coefficient (Wildman–Crippen LogP) is 2.66. The Morgan fingerprint density at radius 1 is 1.32 bits per heavy atom. The molecule has 0 bridgehead atoms. The van der Waals surface area contributed by atoms with E-state index in [9.17, 15) is 4.79 Å². The van der Waals surface area contributed by atoms with E-state index in [1.54, 1.807) is 11.8 Å². The number of hydrogen-bond acceptors (Lipinski definition) is 4. The van der Waals surface area contributed by atoms with Crippen LogP contribution in [0.3, 0.4) is 0 Å². The van der Waals surface area contributed by atoms with Crippen LogP contribution >= 0.6 is 11.8 Å². The van der Waals surface area contributed by atoms with Crippen molar-refractivity contribution >= 4 is 17.7 Å². The van der Waals surface area contributed by atoms with Crippen LogP contribution in [0, 0.1) is 13.8 Å². The molecule has 0 aromatic carbocycles. The highest BCUT2D eigenvalue weighted by molar-refractivity contribution is 7.98. The molecule has 0 saturated heterocycles. The minimum absolute atomic E-state index is 0.0992. The van der Waals surface area contributed by atoms with Crippen LogP contribution < -0.4 is 5.32 Å². The first-order valence-corrected chi connectivity index (χ1v) is 7.87. The molecule has 1 amide bonds. The Morgan fingerprint density at radius 3 is 2.37 bits per heavy atom. The molecule has 0 radical (unpaired) electrons. The summed E-state index contributed by atoms with van der Waals surface area (Å²) in [4.78, 5) is 20.6. The zero-order valence-electron chi connectivity index (χ0n) is 12.4. The Balaban J connectivity index is 2.65. The first-order chi connectivity index (χ1) is 8.97. The molecular weight excluding hydrogens is 258 g/mol. The molecule has 1 atom stereocenters. The molecule has 1 unspecified atom stereocenters. The maximum Gasteiger partial charge on any atom is 0.220 e. The average Bonchev–Trinajstić information content (AvgIpc) is 2.37. The molecule has 1 rings (SSSR count). The number of rotatable bonds is 6. The van der Waals surface area contributed by atoms with Gasteiger partial charge in [0.15, 0.2) is 5.16 Å². The number of nitrogens with one attached hydrogen (secondary N) is 1. The first-order valence-electron chi connectivity index (χ1n) is 6.65. The second-order valence-corrected chi connectivity index (χ2v) is 5.51. The van der Waals surface area contributed by atoms with Crippen LogP contribution in [0.2, 0.25) is 0 Å². The standard InChI is InChI=1S/C14H23N3OS/c1-6-9(2)15-13(18)8-7-12-10(3)16-14(19-5)17-11(12)4/h9H,6-8H2,1-5H3,(H,15,18). The molecule has 0 aliphatic carbocycles. The largest absolute Gasteiger partial charge is 0.354 e. The van der Waals surface area contributed by atoms with Crippen molar-refractivity contribution in [3.8, 4) is 0 Å². The van der Waals surface area contributed by atoms with E-state index in [2.05, 4.69) is 22.2 Å². The molecule has 0 saturated carbocycles. The summed E-state index contributed by atoms with van der Waals surface area (Å²) in [6.45, 7) is 8.05. The number of aryl methyl sites for hydroxylation is 2. The molecule has 0 aliphatic rings. The fourth-order valence-electron chi connectivity index (χ4n) is 1.85. The number of thioether (sulfide) groups is 1. The van der Waals surface area contributed by atoms with E-state index in [1.807, 2.05) is 27.0 Å². The van der Waals surface area contributed by atoms with Gasteiger partial charge in [-0.15, -0.1) is 0 Å². The molecule has 0 fully saturated rings. The van der Waals surface area contributed by atoms with Gasteiger partial charge in [-0.1, -0.05) is 18.7 Å². The van der Waals surface area contributed by atoms with E-state index < -0.39 is 0 Å². The van der Waals surface area contributed by atoms with E-state index in [0.717, 1.165) is 28.5 Å². The highest BCUT2D eigenvalue weighted by Crippen LogP contribution is 2.17. The minimum Gasteiger partial charge on any atom is -0.354 e. The van der Waals surface area contributed by atoms with Gasteiger partial charge < -0.3 is 5.32 Å². The summed E-state index contributed by atoms with van der Waals surface area (Å²) < 4.78 is 0. The highest BCUT2D eigenvalue weighted by atomic mass is 32.2. The zero-order valence-corrected chi connectivity index (χ0v) is 13.2. The van der Waals surface area contributed by atoms with Crippen LogP contribution in [0.15, 0.2) is 5.16 Å². The van der Waals surface area contributed by atoms with Crippen molar-refractivity contribution in [3.63, 3.8) is 0 Å². The summed E-state index contributed by atoms with van der Waals surface area (Å²) >= 11 is 1.54. The molecular formula is C14H23N3OS. The molecule has 106 valence electrons. The van der Waals surface area contributed by atoms with Crippen LogP contribution in [-0.2, 0) is 11.2 Å². The normalized spacial score (nSPS) is 12.3. The summed E-state index contributed by atoms with van der Waals surface area (Å²) in [6, 6.07) is 0.241. The van der Waals surface area contributed by atoms with Crippen LogP contribution in [0.5, 0.6) is 0 Å². The second kappa shape index (κ2) is 7.48. The maximum absolute atomic E-state index is 11.8. The van der Waals surface area contributed by atoms with Gasteiger partial charge in [-0.3, -0.25) is 4.79 Å². The maximum atomic E-state index is 11.8. The van der Waals surface area contributed by atoms with Crippen molar-refractivity contribution in [2.24, 2.45) is 0 Å². The van der Waals surface area contributed by atoms with Gasteiger partial charge in [0.05, 0.1) is 0 Å². The van der Waals surface area contributed by atoms with E-state index >= 15 is 0 Å². The van der Waals surface area contributed by atoms with Gasteiger partial charge in [-0.2, -0.15) is 0 Å². The van der Waals surface area contributed by atoms with Crippen molar-refractivity contribution in [2.45, 2.75) is 58.2 Å². The van der Waals surface area contributed by atoms with Gasteiger partial charge in [0.25, 0.3) is 0 Å². The SMILES string of the molecule is CCC(C)NC(=O)CCc1c(C)nc(SC)nc1C. The molecule has 19 heavy (non-hydrogen) atoms. The van der Waals surface area contributed by atoms with Crippen LogP contribution in [0.1, 0.15) is 43.6 Å². The summed E-state index contributed by atoms with van der Waals surface area (Å²) in [5.74, 6) is 0.0992. The topological polar surface area (TPSA) is 54.9 Å². The number of carbonyl (C=O) groups excluding carboxylic acids is 1. The number of aromatic nitrogens is 2. The molecule has 5 heteroatoms. The summed E-state index contributed by atoms with van der Waals surface area (Å²) in [7, 11) is 0. The number of carbonyl (C=O) groups is 1. The Labute approximate surface area is 119 Å². The Hall–Kier alpha value is -1.10. The predicted molar refractivity (Wildman–Crippen MR) is 79.5 cm³/mol. The third kappa shape index (κ3) is 4.82. The molecule has 1 aromatic heterocycles. The first kappa shape index (κ1) is 16.0. The third-order valence-electron chi connectivity index (χ3n) is 3.20. The van der Waals surface area contributed by atoms with Crippen molar-refractivity contribution < 1.29 is 4.79 Å². The van der Waals surface area contributed by atoms with Crippen molar-refractivity contribution in [1.29, 1.82) is 0 Å². The molecule has 1 aromatic rings. The van der Waals surface area contributed by atoms with Gasteiger partial charge in [0, 0.05) is 23.9 Å². The molecule has 0 spiro atoms. The van der Waals surface area contributed by atoms with Crippen LogP contribution in [0.25, 0.3) is 0 Å². The fourth-order valence-corrected chi connectivity index (χ4v) is 2.31. The molecule has 0 aliphatic heterocycles. The lowest BCUT2D eigenvalue weighted by atomic mass is 10.1. The monoisotopic (exact) mass is 281 g/mol. The van der Waals surface area contributed by atoms with E-state index in [1.165, 1.54) is 0 Å².